The predicted molar refractivity (Wildman–Crippen MR) is 44.9 cm³/mol. The molecule has 0 rings (SSSR count). The van der Waals surface area contributed by atoms with E-state index in [2.05, 4.69) is 15.8 Å². The van der Waals surface area contributed by atoms with Crippen molar-refractivity contribution in [3.8, 4) is 0 Å². The molecule has 0 heterocycles. The first kappa shape index (κ1) is 10.1. The van der Waals surface area contributed by atoms with Crippen LogP contribution in [0.4, 0.5) is 0 Å². The highest BCUT2D eigenvalue weighted by atomic mass is 16.3. The Bertz CT molecular complexity index is 115. The highest BCUT2D eigenvalue weighted by Gasteiger charge is 1.81. The van der Waals surface area contributed by atoms with E-state index in [1.54, 1.807) is 12.3 Å². The van der Waals surface area contributed by atoms with Crippen molar-refractivity contribution in [2.45, 2.75) is 0 Å². The van der Waals surface area contributed by atoms with Gasteiger partial charge >= 0.3 is 0 Å². The molecule has 0 aliphatic heterocycles. The van der Waals surface area contributed by atoms with Gasteiger partial charge in [-0.3, -0.25) is 5.32 Å². The van der Waals surface area contributed by atoms with Gasteiger partial charge in [-0.25, -0.2) is 0 Å². The Balaban J connectivity index is 2.90. The number of nitrogens with two attached hydrogens (primary N) is 1. The summed E-state index contributed by atoms with van der Waals surface area (Å²) in [7, 11) is 0. The molecule has 0 unspecified atom stereocenters. The van der Waals surface area contributed by atoms with Crippen molar-refractivity contribution in [2.24, 2.45) is 10.9 Å². The third kappa shape index (κ3) is 9.06. The Hall–Kier alpha value is -0.940. The summed E-state index contributed by atoms with van der Waals surface area (Å²) in [5.74, 6) is 0. The van der Waals surface area contributed by atoms with Crippen LogP contribution < -0.4 is 16.4 Å². The van der Waals surface area contributed by atoms with E-state index in [4.69, 9.17) is 5.73 Å². The second-order valence-electron chi connectivity index (χ2n) is 1.87. The average molecular weight is 158 g/mol. The first-order valence-electron chi connectivity index (χ1n) is 3.50. The van der Waals surface area contributed by atoms with Crippen LogP contribution in [0.15, 0.2) is 17.5 Å². The molecule has 0 aromatic carbocycles. The monoisotopic (exact) mass is 158 g/mol. The summed E-state index contributed by atoms with van der Waals surface area (Å²) in [4.78, 5) is 9.60. The molecular weight excluding hydrogens is 144 g/mol. The van der Waals surface area contributed by atoms with Crippen LogP contribution in [0.5, 0.6) is 0 Å². The fourth-order valence-electron chi connectivity index (χ4n) is 0.496. The van der Waals surface area contributed by atoms with Crippen molar-refractivity contribution in [1.82, 2.24) is 10.6 Å². The smallest absolute Gasteiger partial charge is 0.0936 e. The Morgan fingerprint density at radius 1 is 1.55 bits per heavy atom. The molecule has 0 saturated carbocycles. The van der Waals surface area contributed by atoms with E-state index in [0.717, 1.165) is 0 Å². The number of hydrogen-bond donors (Lipinski definition) is 3. The number of nitrogens with zero attached hydrogens (tertiary/aromatic N) is 1. The van der Waals surface area contributed by atoms with Crippen LogP contribution in [0.1, 0.15) is 0 Å². The van der Waals surface area contributed by atoms with Gasteiger partial charge in [0.2, 0.25) is 0 Å². The summed E-state index contributed by atoms with van der Waals surface area (Å²) in [6.45, 7) is 2.07. The van der Waals surface area contributed by atoms with Crippen LogP contribution in [-0.2, 0) is 0 Å². The maximum absolute atomic E-state index is 9.60. The third-order valence-corrected chi connectivity index (χ3v) is 0.979. The molecule has 0 spiro atoms. The molecule has 64 valence electrons. The third-order valence-electron chi connectivity index (χ3n) is 0.979. The first-order valence-corrected chi connectivity index (χ1v) is 3.50. The summed E-state index contributed by atoms with van der Waals surface area (Å²) < 4.78 is 0. The van der Waals surface area contributed by atoms with Gasteiger partial charge in [-0.1, -0.05) is 11.3 Å². The fraction of sp³-hybridized carbons (Fsp3) is 0.667. The van der Waals surface area contributed by atoms with Crippen molar-refractivity contribution in [2.75, 3.05) is 26.3 Å². The van der Waals surface area contributed by atoms with E-state index < -0.39 is 0 Å². The van der Waals surface area contributed by atoms with Gasteiger partial charge in [0.15, 0.2) is 0 Å². The van der Waals surface area contributed by atoms with Crippen LogP contribution in [0.2, 0.25) is 0 Å². The summed E-state index contributed by atoms with van der Waals surface area (Å²) in [6.07, 6.45) is 3.57. The highest BCUT2D eigenvalue weighted by Crippen LogP contribution is 1.63. The van der Waals surface area contributed by atoms with Crippen molar-refractivity contribution in [3.05, 3.63) is 17.2 Å². The lowest BCUT2D eigenvalue weighted by Gasteiger charge is -2.00. The Kier molecular flexibility index (Phi) is 8.29. The minimum atomic E-state index is 0.308. The van der Waals surface area contributed by atoms with Gasteiger partial charge in [-0.15, -0.1) is 0 Å². The van der Waals surface area contributed by atoms with E-state index in [-0.39, 0.29) is 0 Å². The zero-order chi connectivity index (χ0) is 8.36. The lowest BCUT2D eigenvalue weighted by atomic mass is 10.6. The molecule has 4 N–H and O–H groups in total. The van der Waals surface area contributed by atoms with Gasteiger partial charge in [0, 0.05) is 13.1 Å². The molecular formula is C6H14N4O. The van der Waals surface area contributed by atoms with Gasteiger partial charge in [0.25, 0.3) is 0 Å². The lowest BCUT2D eigenvalue weighted by molar-refractivity contribution is 0.653. The molecule has 11 heavy (non-hydrogen) atoms. The normalized spacial score (nSPS) is 10.3. The van der Waals surface area contributed by atoms with Crippen LogP contribution in [0, 0.1) is 4.91 Å². The molecule has 0 aliphatic carbocycles. The Labute approximate surface area is 66.0 Å². The fourth-order valence-corrected chi connectivity index (χ4v) is 0.496. The molecule has 5 nitrogen and oxygen atoms in total. The second-order valence-corrected chi connectivity index (χ2v) is 1.87. The highest BCUT2D eigenvalue weighted by molar-refractivity contribution is 4.79. The Morgan fingerprint density at radius 2 is 2.36 bits per heavy atom. The molecule has 0 saturated heterocycles. The van der Waals surface area contributed by atoms with Gasteiger partial charge in [0.1, 0.15) is 0 Å². The zero-order valence-corrected chi connectivity index (χ0v) is 6.42. The van der Waals surface area contributed by atoms with Crippen molar-refractivity contribution in [1.29, 1.82) is 0 Å². The SMILES string of the molecule is NC/C=C/NCNCCN=O. The van der Waals surface area contributed by atoms with Crippen molar-refractivity contribution >= 4 is 0 Å². The molecule has 5 heteroatoms. The predicted octanol–water partition coefficient (Wildman–Crippen LogP) is -0.638. The van der Waals surface area contributed by atoms with Crippen molar-refractivity contribution < 1.29 is 0 Å². The number of nitroso groups, excluding NO2 is 1. The van der Waals surface area contributed by atoms with E-state index in [1.165, 1.54) is 0 Å². The first-order chi connectivity index (χ1) is 5.41. The maximum Gasteiger partial charge on any atom is 0.0936 e. The van der Waals surface area contributed by atoms with Crippen LogP contribution in [0.3, 0.4) is 0 Å². The molecule has 0 aromatic rings. The Morgan fingerprint density at radius 3 is 3.00 bits per heavy atom. The van der Waals surface area contributed by atoms with Crippen LogP contribution >= 0.6 is 0 Å². The molecule has 0 fully saturated rings. The molecule has 0 bridgehead atoms. The molecule has 0 aliphatic rings. The second kappa shape index (κ2) is 9.06. The van der Waals surface area contributed by atoms with Gasteiger partial charge in [-0.2, -0.15) is 4.91 Å². The van der Waals surface area contributed by atoms with Crippen LogP contribution in [-0.4, -0.2) is 26.3 Å². The number of rotatable bonds is 7. The van der Waals surface area contributed by atoms with Crippen LogP contribution in [0.25, 0.3) is 0 Å². The summed E-state index contributed by atoms with van der Waals surface area (Å²) in [5.41, 5.74) is 5.19. The van der Waals surface area contributed by atoms with E-state index in [0.29, 0.717) is 26.3 Å². The minimum absolute atomic E-state index is 0.308. The zero-order valence-electron chi connectivity index (χ0n) is 6.42. The van der Waals surface area contributed by atoms with Gasteiger partial charge < -0.3 is 11.1 Å². The molecule has 0 atom stereocenters. The quantitative estimate of drug-likeness (QED) is 0.261. The number of nitrogens with one attached hydrogen (secondary N) is 2. The van der Waals surface area contributed by atoms with E-state index >= 15 is 0 Å². The van der Waals surface area contributed by atoms with Crippen molar-refractivity contribution in [3.63, 3.8) is 0 Å². The van der Waals surface area contributed by atoms with Gasteiger partial charge in [0.05, 0.1) is 13.2 Å². The minimum Gasteiger partial charge on any atom is -0.379 e. The van der Waals surface area contributed by atoms with Gasteiger partial charge in [-0.05, 0) is 6.20 Å². The molecule has 0 aromatic heterocycles. The summed E-state index contributed by atoms with van der Waals surface area (Å²) in [6, 6.07) is 0. The van der Waals surface area contributed by atoms with E-state index in [1.807, 2.05) is 0 Å². The largest absolute Gasteiger partial charge is 0.379 e. The maximum atomic E-state index is 9.60. The summed E-state index contributed by atoms with van der Waals surface area (Å²) in [5, 5.41) is 8.57. The van der Waals surface area contributed by atoms with E-state index in [9.17, 15) is 4.91 Å². The number of hydrogen-bond acceptors (Lipinski definition) is 5. The lowest BCUT2D eigenvalue weighted by Crippen LogP contribution is -2.27. The standard InChI is InChI=1S/C6H14N4O/c7-2-1-3-8-6-9-4-5-10-11/h1,3,8-9H,2,4-7H2/b3-1+. The average Bonchev–Trinajstić information content (AvgIpc) is 2.03. The topological polar surface area (TPSA) is 79.5 Å². The summed E-state index contributed by atoms with van der Waals surface area (Å²) >= 11 is 0. The molecule has 0 radical (unpaired) electrons. The molecule has 0 amide bonds.